The monoisotopic (exact) mass is 339 g/mol. The third kappa shape index (κ3) is 2.73. The molecular weight excluding hydrogens is 322 g/mol. The standard InChI is InChI=1S/C17H17N5OS/c1-2-4-11(5-3-1)15-18-14(23-21-15)10-24-17-20-19-16(12-6-7-12)22(17)13-8-9-13/h1-5,12-13H,6-10H2. The Morgan fingerprint density at radius 2 is 1.92 bits per heavy atom. The van der Waals surface area contributed by atoms with E-state index in [2.05, 4.69) is 24.9 Å². The van der Waals surface area contributed by atoms with E-state index in [0.29, 0.717) is 29.4 Å². The number of thioether (sulfide) groups is 1. The Kier molecular flexibility index (Phi) is 3.40. The second-order valence-corrected chi connectivity index (χ2v) is 7.33. The maximum Gasteiger partial charge on any atom is 0.237 e. The van der Waals surface area contributed by atoms with Crippen molar-refractivity contribution >= 4 is 11.8 Å². The Hall–Kier alpha value is -2.15. The summed E-state index contributed by atoms with van der Waals surface area (Å²) in [6, 6.07) is 10.5. The molecule has 2 aromatic heterocycles. The quantitative estimate of drug-likeness (QED) is 0.636. The van der Waals surface area contributed by atoms with Crippen molar-refractivity contribution in [1.82, 2.24) is 24.9 Å². The average molecular weight is 339 g/mol. The van der Waals surface area contributed by atoms with E-state index in [1.807, 2.05) is 30.3 Å². The summed E-state index contributed by atoms with van der Waals surface area (Å²) >= 11 is 1.64. The molecule has 3 aromatic rings. The van der Waals surface area contributed by atoms with Crippen molar-refractivity contribution < 1.29 is 4.52 Å². The summed E-state index contributed by atoms with van der Waals surface area (Å²) in [6.45, 7) is 0. The maximum atomic E-state index is 5.38. The van der Waals surface area contributed by atoms with Gasteiger partial charge in [-0.1, -0.05) is 47.3 Å². The Labute approximate surface area is 143 Å². The van der Waals surface area contributed by atoms with E-state index >= 15 is 0 Å². The molecule has 5 rings (SSSR count). The first-order valence-electron chi connectivity index (χ1n) is 8.34. The first-order valence-corrected chi connectivity index (χ1v) is 9.32. The Morgan fingerprint density at radius 3 is 2.67 bits per heavy atom. The zero-order chi connectivity index (χ0) is 15.9. The molecule has 2 heterocycles. The van der Waals surface area contributed by atoms with Crippen LogP contribution in [0.5, 0.6) is 0 Å². The smallest absolute Gasteiger partial charge is 0.237 e. The van der Waals surface area contributed by atoms with Crippen LogP contribution in [0.4, 0.5) is 0 Å². The molecule has 2 fully saturated rings. The predicted molar refractivity (Wildman–Crippen MR) is 89.6 cm³/mol. The van der Waals surface area contributed by atoms with E-state index in [4.69, 9.17) is 4.52 Å². The molecule has 122 valence electrons. The molecule has 0 bridgehead atoms. The summed E-state index contributed by atoms with van der Waals surface area (Å²) in [5.41, 5.74) is 0.967. The van der Waals surface area contributed by atoms with E-state index in [1.165, 1.54) is 31.5 Å². The summed E-state index contributed by atoms with van der Waals surface area (Å²) in [5.74, 6) is 3.68. The number of nitrogens with zero attached hydrogens (tertiary/aromatic N) is 5. The summed E-state index contributed by atoms with van der Waals surface area (Å²) in [4.78, 5) is 4.48. The third-order valence-corrected chi connectivity index (χ3v) is 5.30. The molecule has 7 heteroatoms. The SMILES string of the molecule is c1ccc(-c2noc(CSc3nnc(C4CC4)n3C3CC3)n2)cc1. The van der Waals surface area contributed by atoms with Crippen LogP contribution in [-0.4, -0.2) is 24.9 Å². The molecule has 0 amide bonds. The normalized spacial score (nSPS) is 17.3. The van der Waals surface area contributed by atoms with Crippen LogP contribution < -0.4 is 0 Å². The van der Waals surface area contributed by atoms with E-state index in [1.54, 1.807) is 11.8 Å². The first kappa shape index (κ1) is 14.2. The van der Waals surface area contributed by atoms with Crippen LogP contribution in [0.15, 0.2) is 40.0 Å². The Morgan fingerprint density at radius 1 is 1.08 bits per heavy atom. The largest absolute Gasteiger partial charge is 0.338 e. The minimum Gasteiger partial charge on any atom is -0.338 e. The second kappa shape index (κ2) is 5.73. The lowest BCUT2D eigenvalue weighted by atomic mass is 10.2. The van der Waals surface area contributed by atoms with Crippen molar-refractivity contribution in [1.29, 1.82) is 0 Å². The Balaban J connectivity index is 1.32. The highest BCUT2D eigenvalue weighted by Crippen LogP contribution is 2.46. The fourth-order valence-electron chi connectivity index (χ4n) is 2.83. The third-order valence-electron chi connectivity index (χ3n) is 4.37. The lowest BCUT2D eigenvalue weighted by Gasteiger charge is -2.06. The van der Waals surface area contributed by atoms with Crippen molar-refractivity contribution in [2.75, 3.05) is 0 Å². The molecule has 1 aromatic carbocycles. The van der Waals surface area contributed by atoms with Gasteiger partial charge >= 0.3 is 0 Å². The molecular formula is C17H17N5OS. The van der Waals surface area contributed by atoms with Crippen molar-refractivity contribution in [3.05, 3.63) is 42.0 Å². The molecule has 0 spiro atoms. The molecule has 0 atom stereocenters. The van der Waals surface area contributed by atoms with E-state index in [-0.39, 0.29) is 0 Å². The number of rotatable bonds is 6. The fourth-order valence-corrected chi connectivity index (χ4v) is 3.68. The molecule has 0 radical (unpaired) electrons. The molecule has 2 saturated carbocycles. The highest BCUT2D eigenvalue weighted by atomic mass is 32.2. The van der Waals surface area contributed by atoms with E-state index in [9.17, 15) is 0 Å². The highest BCUT2D eigenvalue weighted by Gasteiger charge is 2.36. The van der Waals surface area contributed by atoms with E-state index < -0.39 is 0 Å². The summed E-state index contributed by atoms with van der Waals surface area (Å²) in [5, 5.41) is 13.9. The molecule has 0 saturated heterocycles. The van der Waals surface area contributed by atoms with Gasteiger partial charge in [0.05, 0.1) is 5.75 Å². The van der Waals surface area contributed by atoms with Crippen molar-refractivity contribution in [3.63, 3.8) is 0 Å². The van der Waals surface area contributed by atoms with Gasteiger partial charge < -0.3 is 9.09 Å². The van der Waals surface area contributed by atoms with Crippen molar-refractivity contribution in [3.8, 4) is 11.4 Å². The number of aromatic nitrogens is 5. The molecule has 24 heavy (non-hydrogen) atoms. The van der Waals surface area contributed by atoms with Gasteiger partial charge in [-0.05, 0) is 25.7 Å². The zero-order valence-electron chi connectivity index (χ0n) is 13.1. The van der Waals surface area contributed by atoms with Gasteiger partial charge in [0.25, 0.3) is 0 Å². The highest BCUT2D eigenvalue weighted by molar-refractivity contribution is 7.98. The number of hydrogen-bond acceptors (Lipinski definition) is 6. The lowest BCUT2D eigenvalue weighted by Crippen LogP contribution is -2.01. The number of hydrogen-bond donors (Lipinski definition) is 0. The van der Waals surface area contributed by atoms with Gasteiger partial charge in [-0.2, -0.15) is 4.98 Å². The molecule has 6 nitrogen and oxygen atoms in total. The molecule has 0 unspecified atom stereocenters. The van der Waals surface area contributed by atoms with Gasteiger partial charge in [0.2, 0.25) is 11.7 Å². The van der Waals surface area contributed by atoms with Gasteiger partial charge in [0.15, 0.2) is 5.16 Å². The van der Waals surface area contributed by atoms with Crippen LogP contribution >= 0.6 is 11.8 Å². The fraction of sp³-hybridized carbons (Fsp3) is 0.412. The average Bonchev–Trinajstić information content (AvgIpc) is 3.55. The van der Waals surface area contributed by atoms with Crippen LogP contribution in [0.2, 0.25) is 0 Å². The second-order valence-electron chi connectivity index (χ2n) is 6.38. The van der Waals surface area contributed by atoms with Gasteiger partial charge in [-0.15, -0.1) is 10.2 Å². The van der Waals surface area contributed by atoms with Gasteiger partial charge in [0.1, 0.15) is 5.82 Å². The van der Waals surface area contributed by atoms with Crippen molar-refractivity contribution in [2.24, 2.45) is 0 Å². The summed E-state index contributed by atoms with van der Waals surface area (Å²) in [6.07, 6.45) is 4.98. The minimum absolute atomic E-state index is 0.598. The van der Waals surface area contributed by atoms with Crippen LogP contribution in [0.1, 0.15) is 49.4 Å². The van der Waals surface area contributed by atoms with E-state index in [0.717, 1.165) is 10.7 Å². The van der Waals surface area contributed by atoms with Crippen LogP contribution in [0.3, 0.4) is 0 Å². The van der Waals surface area contributed by atoms with Gasteiger partial charge in [-0.3, -0.25) is 0 Å². The Bertz CT molecular complexity index is 851. The zero-order valence-corrected chi connectivity index (χ0v) is 13.9. The summed E-state index contributed by atoms with van der Waals surface area (Å²) < 4.78 is 7.73. The summed E-state index contributed by atoms with van der Waals surface area (Å²) in [7, 11) is 0. The maximum absolute atomic E-state index is 5.38. The molecule has 2 aliphatic rings. The van der Waals surface area contributed by atoms with Crippen LogP contribution in [0.25, 0.3) is 11.4 Å². The molecule has 0 aliphatic heterocycles. The minimum atomic E-state index is 0.598. The van der Waals surface area contributed by atoms with Crippen LogP contribution in [0, 0.1) is 0 Å². The van der Waals surface area contributed by atoms with Gasteiger partial charge in [0, 0.05) is 17.5 Å². The van der Waals surface area contributed by atoms with Crippen molar-refractivity contribution in [2.45, 2.75) is 48.6 Å². The first-order chi connectivity index (χ1) is 11.9. The molecule has 2 aliphatic carbocycles. The number of benzene rings is 1. The van der Waals surface area contributed by atoms with Gasteiger partial charge in [-0.25, -0.2) is 0 Å². The topological polar surface area (TPSA) is 69.6 Å². The lowest BCUT2D eigenvalue weighted by molar-refractivity contribution is 0.391. The molecule has 0 N–H and O–H groups in total. The predicted octanol–water partition coefficient (Wildman–Crippen LogP) is 3.83. The van der Waals surface area contributed by atoms with Crippen LogP contribution in [-0.2, 0) is 5.75 Å².